The second kappa shape index (κ2) is 5.53. The zero-order chi connectivity index (χ0) is 15.9. The molecule has 2 aliphatic rings. The maximum atomic E-state index is 13.9. The fourth-order valence-electron chi connectivity index (χ4n) is 3.63. The Morgan fingerprint density at radius 2 is 2.09 bits per heavy atom. The molecule has 1 N–H and O–H groups in total. The number of amides is 1. The number of fused-ring (bicyclic) bond motifs is 2. The zero-order valence-corrected chi connectivity index (χ0v) is 13.0. The van der Waals surface area contributed by atoms with Crippen molar-refractivity contribution in [3.63, 3.8) is 0 Å². The van der Waals surface area contributed by atoms with Crippen LogP contribution < -0.4 is 9.46 Å². The highest BCUT2D eigenvalue weighted by Crippen LogP contribution is 2.47. The summed E-state index contributed by atoms with van der Waals surface area (Å²) in [6.45, 7) is 0. The lowest BCUT2D eigenvalue weighted by Crippen LogP contribution is -2.41. The molecule has 0 saturated heterocycles. The van der Waals surface area contributed by atoms with Gasteiger partial charge in [0.05, 0.1) is 17.9 Å². The van der Waals surface area contributed by atoms with Gasteiger partial charge >= 0.3 is 0 Å². The van der Waals surface area contributed by atoms with Crippen LogP contribution in [0.25, 0.3) is 0 Å². The third-order valence-electron chi connectivity index (χ3n) is 4.73. The van der Waals surface area contributed by atoms with E-state index in [2.05, 4.69) is 0 Å². The number of benzene rings is 1. The Kier molecular flexibility index (Phi) is 3.84. The summed E-state index contributed by atoms with van der Waals surface area (Å²) in [4.78, 5) is 12.1. The summed E-state index contributed by atoms with van der Waals surface area (Å²) in [6.07, 6.45) is 3.47. The molecule has 2 aliphatic carbocycles. The fourth-order valence-corrected chi connectivity index (χ4v) is 5.43. The van der Waals surface area contributed by atoms with E-state index in [4.69, 9.17) is 4.74 Å². The van der Waals surface area contributed by atoms with Crippen molar-refractivity contribution in [2.24, 2.45) is 11.8 Å². The van der Waals surface area contributed by atoms with E-state index in [1.807, 2.05) is 4.72 Å². The van der Waals surface area contributed by atoms with Crippen LogP contribution in [0.1, 0.15) is 36.0 Å². The molecule has 5 nitrogen and oxygen atoms in total. The van der Waals surface area contributed by atoms with E-state index in [0.29, 0.717) is 12.3 Å². The van der Waals surface area contributed by atoms with Crippen molar-refractivity contribution in [2.75, 3.05) is 7.11 Å². The smallest absolute Gasteiger partial charge is 0.267 e. The minimum absolute atomic E-state index is 0.121. The summed E-state index contributed by atoms with van der Waals surface area (Å²) >= 11 is 0. The molecule has 7 heteroatoms. The van der Waals surface area contributed by atoms with Crippen LogP contribution in [0.15, 0.2) is 18.2 Å². The topological polar surface area (TPSA) is 72.5 Å². The van der Waals surface area contributed by atoms with Gasteiger partial charge in [-0.3, -0.25) is 4.79 Å². The van der Waals surface area contributed by atoms with Crippen molar-refractivity contribution in [1.29, 1.82) is 0 Å². The van der Waals surface area contributed by atoms with Gasteiger partial charge in [-0.25, -0.2) is 17.5 Å². The molecular formula is C15H18FNO4S. The molecule has 1 unspecified atom stereocenters. The Balaban J connectivity index is 1.76. The maximum absolute atomic E-state index is 13.9. The quantitative estimate of drug-likeness (QED) is 0.919. The molecule has 1 aromatic carbocycles. The number of sulfonamides is 1. The molecule has 1 aromatic rings. The summed E-state index contributed by atoms with van der Waals surface area (Å²) in [5.74, 6) is -0.900. The molecule has 0 aromatic heterocycles. The molecule has 0 heterocycles. The number of ether oxygens (including phenoxy) is 1. The van der Waals surface area contributed by atoms with Crippen molar-refractivity contribution >= 4 is 15.9 Å². The van der Waals surface area contributed by atoms with Crippen LogP contribution in [0.4, 0.5) is 4.39 Å². The number of hydrogen-bond donors (Lipinski definition) is 1. The van der Waals surface area contributed by atoms with Crippen LogP contribution in [-0.4, -0.2) is 26.7 Å². The fraction of sp³-hybridized carbons (Fsp3) is 0.533. The Morgan fingerprint density at radius 3 is 2.64 bits per heavy atom. The highest BCUT2D eigenvalue weighted by molar-refractivity contribution is 7.90. The highest BCUT2D eigenvalue weighted by atomic mass is 32.2. The SMILES string of the molecule is COc1ccc(C(=O)NS(=O)(=O)C2C[C@@H]3CC[C@H]2C3)c(F)c1. The second-order valence-corrected chi connectivity index (χ2v) is 7.93. The van der Waals surface area contributed by atoms with Crippen LogP contribution in [0.5, 0.6) is 5.75 Å². The van der Waals surface area contributed by atoms with Crippen LogP contribution in [-0.2, 0) is 10.0 Å². The average molecular weight is 327 g/mol. The summed E-state index contributed by atoms with van der Waals surface area (Å²) in [7, 11) is -2.39. The Labute approximate surface area is 128 Å². The van der Waals surface area contributed by atoms with Gasteiger partial charge in [-0.1, -0.05) is 6.42 Å². The molecule has 22 heavy (non-hydrogen) atoms. The van der Waals surface area contributed by atoms with Crippen LogP contribution >= 0.6 is 0 Å². The first-order valence-corrected chi connectivity index (χ1v) is 8.85. The van der Waals surface area contributed by atoms with Crippen molar-refractivity contribution in [3.8, 4) is 5.75 Å². The minimum Gasteiger partial charge on any atom is -0.497 e. The standard InChI is InChI=1S/C15H18FNO4S/c1-21-11-4-5-12(13(16)8-11)15(18)17-22(19,20)14-7-9-2-3-10(14)6-9/h4-5,8-10,14H,2-3,6-7H2,1H3,(H,17,18)/t9-,10+,14?/m1/s1. The lowest BCUT2D eigenvalue weighted by atomic mass is 10.0. The van der Waals surface area contributed by atoms with Gasteiger partial charge < -0.3 is 4.74 Å². The van der Waals surface area contributed by atoms with Gasteiger partial charge in [0.15, 0.2) is 0 Å². The largest absolute Gasteiger partial charge is 0.497 e. The lowest BCUT2D eigenvalue weighted by Gasteiger charge is -2.22. The van der Waals surface area contributed by atoms with E-state index >= 15 is 0 Å². The molecule has 3 rings (SSSR count). The van der Waals surface area contributed by atoms with Gasteiger partial charge in [-0.05, 0) is 43.2 Å². The van der Waals surface area contributed by atoms with E-state index in [1.54, 1.807) is 0 Å². The number of nitrogens with one attached hydrogen (secondary N) is 1. The molecule has 2 bridgehead atoms. The Bertz CT molecular complexity index is 703. The molecular weight excluding hydrogens is 309 g/mol. The second-order valence-electron chi connectivity index (χ2n) is 6.04. The summed E-state index contributed by atoms with van der Waals surface area (Å²) < 4.78 is 45.5. The van der Waals surface area contributed by atoms with E-state index < -0.39 is 27.0 Å². The van der Waals surface area contributed by atoms with Crippen LogP contribution in [0.3, 0.4) is 0 Å². The van der Waals surface area contributed by atoms with E-state index in [9.17, 15) is 17.6 Å². The molecule has 0 spiro atoms. The number of carbonyl (C=O) groups excluding carboxylic acids is 1. The third-order valence-corrected chi connectivity index (χ3v) is 6.57. The first kappa shape index (κ1) is 15.3. The zero-order valence-electron chi connectivity index (χ0n) is 12.2. The Hall–Kier alpha value is -1.63. The first-order chi connectivity index (χ1) is 10.4. The van der Waals surface area contributed by atoms with Gasteiger partial charge in [-0.15, -0.1) is 0 Å². The normalized spacial score (nSPS) is 26.9. The number of hydrogen-bond acceptors (Lipinski definition) is 4. The monoisotopic (exact) mass is 327 g/mol. The first-order valence-electron chi connectivity index (χ1n) is 7.30. The average Bonchev–Trinajstić information content (AvgIpc) is 3.09. The molecule has 120 valence electrons. The van der Waals surface area contributed by atoms with Crippen molar-refractivity contribution in [1.82, 2.24) is 4.72 Å². The van der Waals surface area contributed by atoms with Crippen LogP contribution in [0.2, 0.25) is 0 Å². The molecule has 2 saturated carbocycles. The van der Waals surface area contributed by atoms with Crippen LogP contribution in [0, 0.1) is 17.7 Å². The minimum atomic E-state index is -3.77. The number of carbonyl (C=O) groups is 1. The van der Waals surface area contributed by atoms with Gasteiger partial charge in [0.1, 0.15) is 11.6 Å². The highest BCUT2D eigenvalue weighted by Gasteiger charge is 2.46. The van der Waals surface area contributed by atoms with Crippen molar-refractivity contribution < 1.29 is 22.3 Å². The number of methoxy groups -OCH3 is 1. The number of rotatable bonds is 4. The maximum Gasteiger partial charge on any atom is 0.267 e. The van der Waals surface area contributed by atoms with E-state index in [1.165, 1.54) is 19.2 Å². The Morgan fingerprint density at radius 1 is 1.32 bits per heavy atom. The van der Waals surface area contributed by atoms with Gasteiger partial charge in [0.25, 0.3) is 5.91 Å². The van der Waals surface area contributed by atoms with E-state index in [-0.39, 0.29) is 17.2 Å². The van der Waals surface area contributed by atoms with Crippen molar-refractivity contribution in [3.05, 3.63) is 29.6 Å². The van der Waals surface area contributed by atoms with Gasteiger partial charge in [-0.2, -0.15) is 0 Å². The molecule has 0 aliphatic heterocycles. The van der Waals surface area contributed by atoms with Gasteiger partial charge in [0.2, 0.25) is 10.0 Å². The molecule has 1 amide bonds. The predicted molar refractivity (Wildman–Crippen MR) is 78.6 cm³/mol. The molecule has 0 radical (unpaired) electrons. The van der Waals surface area contributed by atoms with Crippen molar-refractivity contribution in [2.45, 2.75) is 30.9 Å². The van der Waals surface area contributed by atoms with Gasteiger partial charge in [0, 0.05) is 6.07 Å². The lowest BCUT2D eigenvalue weighted by molar-refractivity contribution is 0.0977. The molecule has 3 atom stereocenters. The van der Waals surface area contributed by atoms with E-state index in [0.717, 1.165) is 25.3 Å². The third kappa shape index (κ3) is 2.69. The predicted octanol–water partition coefficient (Wildman–Crippen LogP) is 2.08. The summed E-state index contributed by atoms with van der Waals surface area (Å²) in [5.41, 5.74) is -0.299. The summed E-state index contributed by atoms with van der Waals surface area (Å²) in [5, 5.41) is -0.531. The number of halogens is 1. The molecule has 2 fully saturated rings. The summed E-state index contributed by atoms with van der Waals surface area (Å²) in [6, 6.07) is 3.70.